The molecule has 9 heteroatoms. The van der Waals surface area contributed by atoms with Gasteiger partial charge in [-0.25, -0.2) is 0 Å². The first-order valence-electron chi connectivity index (χ1n) is 3.71. The molecule has 0 saturated heterocycles. The van der Waals surface area contributed by atoms with Crippen molar-refractivity contribution in [1.29, 1.82) is 0 Å². The largest absolute Gasteiger partial charge is 0.353 e. The average molecular weight is 288 g/mol. The van der Waals surface area contributed by atoms with Gasteiger partial charge in [0, 0.05) is 21.2 Å². The first-order valence-corrected chi connectivity index (χ1v) is 6.41. The highest BCUT2D eigenvalue weighted by Crippen LogP contribution is 2.19. The second-order valence-electron chi connectivity index (χ2n) is 2.44. The van der Waals surface area contributed by atoms with Crippen LogP contribution in [0, 0.1) is 10.1 Å². The second kappa shape index (κ2) is 6.64. The fourth-order valence-corrected chi connectivity index (χ4v) is 0.879. The van der Waals surface area contributed by atoms with E-state index in [1.807, 2.05) is 0 Å². The second-order valence-corrected chi connectivity index (χ2v) is 4.85. The smallest absolute Gasteiger partial charge is 0.273 e. The molecule has 6 nitrogen and oxygen atoms in total. The third-order valence-electron chi connectivity index (χ3n) is 1.26. The van der Waals surface area contributed by atoms with Gasteiger partial charge in [-0.1, -0.05) is 30.3 Å². The topological polar surface area (TPSA) is 97.5 Å². The van der Waals surface area contributed by atoms with Crippen molar-refractivity contribution in [1.82, 2.24) is 0 Å². The van der Waals surface area contributed by atoms with Gasteiger partial charge in [0.15, 0.2) is 0 Å². The molecule has 1 aromatic carbocycles. The Hall–Kier alpha value is -0.890. The number of hydrogen-bond acceptors (Lipinski definition) is 4. The summed E-state index contributed by atoms with van der Waals surface area (Å²) in [7, 11) is -0.137. The fraction of sp³-hybridized carbons (Fsp3) is 0.143. The summed E-state index contributed by atoms with van der Waals surface area (Å²) in [6.45, 7) is 0. The van der Waals surface area contributed by atoms with Crippen LogP contribution >= 0.6 is 22.3 Å². The lowest BCUT2D eigenvalue weighted by atomic mass is 10.2. The van der Waals surface area contributed by atoms with E-state index in [-0.39, 0.29) is 0 Å². The Kier molecular flexibility index (Phi) is 6.27. The fourth-order valence-electron chi connectivity index (χ4n) is 0.734. The van der Waals surface area contributed by atoms with E-state index in [0.29, 0.717) is 5.56 Å². The van der Waals surface area contributed by atoms with Crippen molar-refractivity contribution in [3.8, 4) is 0 Å². The molecule has 1 N–H and O–H groups in total. The molecule has 0 aliphatic carbocycles. The van der Waals surface area contributed by atoms with E-state index in [2.05, 4.69) is 10.7 Å². The Morgan fingerprint density at radius 3 is 2.00 bits per heavy atom. The molecule has 0 aliphatic rings. The zero-order valence-electron chi connectivity index (χ0n) is 7.66. The van der Waals surface area contributed by atoms with Gasteiger partial charge in [0.05, 0.1) is 0 Å². The number of nitro groups is 1. The van der Waals surface area contributed by atoms with E-state index < -0.39 is 19.8 Å². The number of hydrogen-bond donors (Lipinski definition) is 1. The quantitative estimate of drug-likeness (QED) is 0.225. The van der Waals surface area contributed by atoms with E-state index in [0.717, 1.165) is 0 Å². The molecule has 0 fully saturated rings. The van der Waals surface area contributed by atoms with Crippen molar-refractivity contribution >= 4 is 31.6 Å². The van der Waals surface area contributed by atoms with E-state index in [1.54, 1.807) is 30.3 Å². The molecule has 0 amide bonds. The van der Waals surface area contributed by atoms with Crippen molar-refractivity contribution in [2.24, 2.45) is 0 Å². The number of nitrogens with zero attached hydrogens (tertiary/aromatic N) is 1. The molecule has 90 valence electrons. The maximum Gasteiger partial charge on any atom is 0.353 e. The summed E-state index contributed by atoms with van der Waals surface area (Å²) >= 11 is 5.44. The van der Waals surface area contributed by atoms with Crippen LogP contribution in [-0.4, -0.2) is 17.9 Å². The van der Waals surface area contributed by atoms with Crippen LogP contribution < -0.4 is 0 Å². The lowest BCUT2D eigenvalue weighted by molar-refractivity contribution is -0.503. The first kappa shape index (κ1) is 15.1. The third-order valence-corrected chi connectivity index (χ3v) is 1.67. The van der Waals surface area contributed by atoms with Crippen LogP contribution in [0.25, 0.3) is 0 Å². The van der Waals surface area contributed by atoms with Gasteiger partial charge in [-0.15, -0.1) is 0 Å². The predicted molar refractivity (Wildman–Crippen MR) is 59.4 cm³/mol. The van der Waals surface area contributed by atoms with Crippen LogP contribution in [0.5, 0.6) is 0 Å². The summed E-state index contributed by atoms with van der Waals surface area (Å²) in [5, 5.41) is 10.2. The van der Waals surface area contributed by atoms with Crippen molar-refractivity contribution in [2.75, 3.05) is 0 Å². The van der Waals surface area contributed by atoms with Crippen molar-refractivity contribution in [3.05, 3.63) is 46.0 Å². The summed E-state index contributed by atoms with van der Waals surface area (Å²) in [5.74, 6) is 0. The van der Waals surface area contributed by atoms with Crippen molar-refractivity contribution in [2.45, 2.75) is 5.50 Å². The molecule has 0 saturated carbocycles. The summed E-state index contributed by atoms with van der Waals surface area (Å²) in [6.07, 6.45) is 0. The highest BCUT2D eigenvalue weighted by atomic mass is 35.7. The van der Waals surface area contributed by atoms with Gasteiger partial charge in [0.1, 0.15) is 0 Å². The van der Waals surface area contributed by atoms with Crippen molar-refractivity contribution < 1.29 is 17.9 Å². The normalized spacial score (nSPS) is 12.2. The lowest BCUT2D eigenvalue weighted by Gasteiger charge is -1.99. The molecule has 0 heterocycles. The molecular weight excluding hydrogens is 281 g/mol. The van der Waals surface area contributed by atoms with E-state index in [4.69, 9.17) is 24.6 Å². The van der Waals surface area contributed by atoms with Crippen LogP contribution in [-0.2, 0) is 9.33 Å². The van der Waals surface area contributed by atoms with Gasteiger partial charge < -0.3 is 0 Å². The molecule has 0 aliphatic heterocycles. The predicted octanol–water partition coefficient (Wildman–Crippen LogP) is 2.23. The minimum atomic E-state index is -4.19. The van der Waals surface area contributed by atoms with Crippen LogP contribution in [0.1, 0.15) is 11.1 Å². The molecule has 1 rings (SSSR count). The molecule has 1 aromatic rings. The summed E-state index contributed by atoms with van der Waals surface area (Å²) in [4.78, 5) is 9.64. The molecule has 0 spiro atoms. The number of benzene rings is 1. The van der Waals surface area contributed by atoms with Gasteiger partial charge in [0.2, 0.25) is 0 Å². The summed E-state index contributed by atoms with van der Waals surface area (Å²) in [6, 6.07) is 8.47. The van der Waals surface area contributed by atoms with E-state index in [9.17, 15) is 10.1 Å². The molecule has 1 unspecified atom stereocenters. The number of alkyl halides is 1. The van der Waals surface area contributed by atoms with Gasteiger partial charge in [0.25, 0.3) is 0 Å². The summed E-state index contributed by atoms with van der Waals surface area (Å²) in [5.41, 5.74) is -0.615. The van der Waals surface area contributed by atoms with Crippen LogP contribution in [0.3, 0.4) is 0 Å². The Labute approximate surface area is 101 Å². The minimum Gasteiger partial charge on any atom is -0.273 e. The molecular formula is C7H7Cl2NO5S. The van der Waals surface area contributed by atoms with Gasteiger partial charge in [-0.05, 0) is 11.6 Å². The first-order chi connectivity index (χ1) is 7.22. The van der Waals surface area contributed by atoms with Crippen LogP contribution in [0.4, 0.5) is 0 Å². The highest BCUT2D eigenvalue weighted by Gasteiger charge is 2.16. The van der Waals surface area contributed by atoms with Crippen molar-refractivity contribution in [3.63, 3.8) is 0 Å². The Balaban J connectivity index is 0.000000385. The number of rotatable bonds is 2. The van der Waals surface area contributed by atoms with Gasteiger partial charge in [-0.3, -0.25) is 14.7 Å². The Morgan fingerprint density at radius 2 is 1.69 bits per heavy atom. The third kappa shape index (κ3) is 8.42. The molecule has 0 radical (unpaired) electrons. The maximum atomic E-state index is 10.2. The summed E-state index contributed by atoms with van der Waals surface area (Å²) < 4.78 is 25.2. The van der Waals surface area contributed by atoms with Crippen LogP contribution in [0.15, 0.2) is 30.3 Å². The number of halogens is 2. The lowest BCUT2D eigenvalue weighted by Crippen LogP contribution is -2.02. The Morgan fingerprint density at radius 1 is 1.31 bits per heavy atom. The average Bonchev–Trinajstić information content (AvgIpc) is 2.15. The van der Waals surface area contributed by atoms with Gasteiger partial charge in [-0.2, -0.15) is 8.42 Å². The van der Waals surface area contributed by atoms with E-state index in [1.165, 1.54) is 0 Å². The Bertz CT molecular complexity index is 427. The minimum absolute atomic E-state index is 0.513. The maximum absolute atomic E-state index is 10.2. The van der Waals surface area contributed by atoms with E-state index >= 15 is 0 Å². The molecule has 0 bridgehead atoms. The molecule has 1 atom stereocenters. The van der Waals surface area contributed by atoms with Crippen LogP contribution in [0.2, 0.25) is 0 Å². The molecule has 0 aromatic heterocycles. The standard InChI is InChI=1S/C7H6ClNO2.ClHO3S/c8-7(9(10)11)6-4-2-1-3-5-6;1-5(2,3)4/h1-5,7H;(H,2,3,4). The highest BCUT2D eigenvalue weighted by molar-refractivity contribution is 8.09. The van der Waals surface area contributed by atoms with Gasteiger partial charge >= 0.3 is 14.8 Å². The monoisotopic (exact) mass is 287 g/mol. The SMILES string of the molecule is O=S(=O)(O)Cl.O=[N+]([O-])C(Cl)c1ccccc1. The molecule has 16 heavy (non-hydrogen) atoms. The zero-order chi connectivity index (χ0) is 12.8. The zero-order valence-corrected chi connectivity index (χ0v) is 9.98.